The summed E-state index contributed by atoms with van der Waals surface area (Å²) in [7, 11) is 1.76. The molecule has 2 amide bonds. The van der Waals surface area contributed by atoms with Crippen molar-refractivity contribution in [1.82, 2.24) is 10.6 Å². The Hall–Kier alpha value is -2.04. The Labute approximate surface area is 154 Å². The maximum atomic E-state index is 12.4. The Morgan fingerprint density at radius 3 is 2.52 bits per heavy atom. The predicted molar refractivity (Wildman–Crippen MR) is 103 cm³/mol. The van der Waals surface area contributed by atoms with E-state index >= 15 is 0 Å². The monoisotopic (exact) mass is 357 g/mol. The summed E-state index contributed by atoms with van der Waals surface area (Å²) >= 11 is 5.89. The van der Waals surface area contributed by atoms with Gasteiger partial charge in [0.05, 0.1) is 6.17 Å². The molecule has 1 heterocycles. The van der Waals surface area contributed by atoms with Gasteiger partial charge in [0, 0.05) is 24.3 Å². The summed E-state index contributed by atoms with van der Waals surface area (Å²) in [6, 6.07) is 17.7. The minimum atomic E-state index is -0.110. The quantitative estimate of drug-likeness (QED) is 0.866. The van der Waals surface area contributed by atoms with Crippen molar-refractivity contribution in [1.29, 1.82) is 0 Å². The van der Waals surface area contributed by atoms with E-state index in [9.17, 15) is 4.79 Å². The minimum absolute atomic E-state index is 0.0225. The Kier molecular flexibility index (Phi) is 5.95. The topological polar surface area (TPSA) is 44.4 Å². The standard InChI is InChI=1S/C20H24ClN3O/c1-24(18-10-8-17(21)9-11-18)20(25)23-19-12-7-16(14-22-19)13-15-5-3-2-4-6-15/h2-6,8-11,16,19,22H,7,12-14H2,1H3,(H,23,25)/t16-,19+/m0/s1. The first-order chi connectivity index (χ1) is 12.1. The zero-order valence-corrected chi connectivity index (χ0v) is 15.2. The molecule has 2 aromatic carbocycles. The van der Waals surface area contributed by atoms with Gasteiger partial charge in [-0.15, -0.1) is 0 Å². The van der Waals surface area contributed by atoms with Crippen LogP contribution in [0.15, 0.2) is 54.6 Å². The highest BCUT2D eigenvalue weighted by Gasteiger charge is 2.23. The lowest BCUT2D eigenvalue weighted by Crippen LogP contribution is -2.53. The first kappa shape index (κ1) is 17.8. The van der Waals surface area contributed by atoms with Crippen LogP contribution in [0, 0.1) is 5.92 Å². The molecule has 3 rings (SSSR count). The van der Waals surface area contributed by atoms with Crippen LogP contribution in [0.5, 0.6) is 0 Å². The highest BCUT2D eigenvalue weighted by Crippen LogP contribution is 2.20. The van der Waals surface area contributed by atoms with Crippen LogP contribution in [0.3, 0.4) is 0 Å². The van der Waals surface area contributed by atoms with Crippen molar-refractivity contribution in [2.75, 3.05) is 18.5 Å². The van der Waals surface area contributed by atoms with Crippen molar-refractivity contribution in [3.63, 3.8) is 0 Å². The van der Waals surface area contributed by atoms with Gasteiger partial charge in [0.1, 0.15) is 0 Å². The molecule has 4 nitrogen and oxygen atoms in total. The first-order valence-electron chi connectivity index (χ1n) is 8.69. The fraction of sp³-hybridized carbons (Fsp3) is 0.350. The van der Waals surface area contributed by atoms with Gasteiger partial charge in [0.15, 0.2) is 0 Å². The lowest BCUT2D eigenvalue weighted by atomic mass is 9.91. The maximum Gasteiger partial charge on any atom is 0.322 e. The number of hydrogen-bond acceptors (Lipinski definition) is 2. The van der Waals surface area contributed by atoms with Crippen molar-refractivity contribution in [2.45, 2.75) is 25.4 Å². The van der Waals surface area contributed by atoms with Crippen LogP contribution in [0.25, 0.3) is 0 Å². The van der Waals surface area contributed by atoms with Gasteiger partial charge in [-0.3, -0.25) is 10.2 Å². The van der Waals surface area contributed by atoms with Crippen molar-refractivity contribution < 1.29 is 4.79 Å². The number of nitrogens with zero attached hydrogens (tertiary/aromatic N) is 1. The fourth-order valence-electron chi connectivity index (χ4n) is 3.19. The lowest BCUT2D eigenvalue weighted by Gasteiger charge is -2.31. The van der Waals surface area contributed by atoms with E-state index in [4.69, 9.17) is 11.6 Å². The average molecular weight is 358 g/mol. The van der Waals surface area contributed by atoms with E-state index in [0.29, 0.717) is 10.9 Å². The van der Waals surface area contributed by atoms with Gasteiger partial charge in [-0.2, -0.15) is 0 Å². The van der Waals surface area contributed by atoms with E-state index in [2.05, 4.69) is 34.9 Å². The van der Waals surface area contributed by atoms with Crippen molar-refractivity contribution >= 4 is 23.3 Å². The molecular weight excluding hydrogens is 334 g/mol. The molecule has 2 aromatic rings. The van der Waals surface area contributed by atoms with Gasteiger partial charge in [-0.25, -0.2) is 4.79 Å². The zero-order chi connectivity index (χ0) is 17.6. The fourth-order valence-corrected chi connectivity index (χ4v) is 3.31. The molecule has 0 aliphatic carbocycles. The van der Waals surface area contributed by atoms with Gasteiger partial charge in [-0.1, -0.05) is 41.9 Å². The number of piperidine rings is 1. The molecule has 0 bridgehead atoms. The highest BCUT2D eigenvalue weighted by atomic mass is 35.5. The number of urea groups is 1. The van der Waals surface area contributed by atoms with E-state index in [0.717, 1.165) is 31.5 Å². The predicted octanol–water partition coefficient (Wildman–Crippen LogP) is 4.05. The van der Waals surface area contributed by atoms with E-state index in [1.807, 2.05) is 18.2 Å². The number of benzene rings is 2. The molecule has 1 saturated heterocycles. The van der Waals surface area contributed by atoms with E-state index in [1.165, 1.54) is 5.56 Å². The number of halogens is 1. The van der Waals surface area contributed by atoms with Gasteiger partial charge >= 0.3 is 6.03 Å². The van der Waals surface area contributed by atoms with Crippen molar-refractivity contribution in [3.05, 3.63) is 65.2 Å². The SMILES string of the molecule is CN(C(=O)N[C@@H]1CC[C@@H](Cc2ccccc2)CN1)c1ccc(Cl)cc1. The summed E-state index contributed by atoms with van der Waals surface area (Å²) < 4.78 is 0. The largest absolute Gasteiger partial charge is 0.322 e. The number of carbonyl (C=O) groups is 1. The summed E-state index contributed by atoms with van der Waals surface area (Å²) in [4.78, 5) is 14.0. The second kappa shape index (κ2) is 8.37. The number of rotatable bonds is 4. The summed E-state index contributed by atoms with van der Waals surface area (Å²) in [6.45, 7) is 0.921. The Morgan fingerprint density at radius 2 is 1.88 bits per heavy atom. The molecule has 0 radical (unpaired) electrons. The third kappa shape index (κ3) is 4.97. The molecule has 132 valence electrons. The molecular formula is C20H24ClN3O. The third-order valence-corrected chi connectivity index (χ3v) is 4.95. The van der Waals surface area contributed by atoms with Gasteiger partial charge in [0.2, 0.25) is 0 Å². The third-order valence-electron chi connectivity index (χ3n) is 4.70. The van der Waals surface area contributed by atoms with Crippen LogP contribution in [0.2, 0.25) is 5.02 Å². The van der Waals surface area contributed by atoms with Gasteiger partial charge in [-0.05, 0) is 55.0 Å². The number of anilines is 1. The molecule has 25 heavy (non-hydrogen) atoms. The Balaban J connectivity index is 1.46. The van der Waals surface area contributed by atoms with E-state index < -0.39 is 0 Å². The number of amides is 2. The molecule has 1 aliphatic heterocycles. The number of hydrogen-bond donors (Lipinski definition) is 2. The molecule has 0 saturated carbocycles. The molecule has 0 spiro atoms. The molecule has 2 atom stereocenters. The number of carbonyl (C=O) groups excluding carboxylic acids is 1. The normalized spacial score (nSPS) is 20.1. The van der Waals surface area contributed by atoms with Gasteiger partial charge < -0.3 is 5.32 Å². The van der Waals surface area contributed by atoms with E-state index in [1.54, 1.807) is 24.1 Å². The second-order valence-electron chi connectivity index (χ2n) is 6.58. The summed E-state index contributed by atoms with van der Waals surface area (Å²) in [5.41, 5.74) is 2.19. The summed E-state index contributed by atoms with van der Waals surface area (Å²) in [5.74, 6) is 0.615. The summed E-state index contributed by atoms with van der Waals surface area (Å²) in [5, 5.41) is 7.18. The van der Waals surface area contributed by atoms with E-state index in [-0.39, 0.29) is 12.2 Å². The van der Waals surface area contributed by atoms with Crippen LogP contribution >= 0.6 is 11.6 Å². The average Bonchev–Trinajstić information content (AvgIpc) is 2.64. The van der Waals surface area contributed by atoms with Crippen LogP contribution in [-0.4, -0.2) is 25.8 Å². The van der Waals surface area contributed by atoms with Crippen LogP contribution < -0.4 is 15.5 Å². The summed E-state index contributed by atoms with van der Waals surface area (Å²) in [6.07, 6.45) is 3.16. The lowest BCUT2D eigenvalue weighted by molar-refractivity contribution is 0.228. The number of nitrogens with one attached hydrogen (secondary N) is 2. The maximum absolute atomic E-state index is 12.4. The smallest absolute Gasteiger partial charge is 0.322 e. The molecule has 2 N–H and O–H groups in total. The Morgan fingerprint density at radius 1 is 1.16 bits per heavy atom. The molecule has 1 fully saturated rings. The van der Waals surface area contributed by atoms with Crippen LogP contribution in [-0.2, 0) is 6.42 Å². The van der Waals surface area contributed by atoms with Crippen LogP contribution in [0.1, 0.15) is 18.4 Å². The molecule has 0 unspecified atom stereocenters. The highest BCUT2D eigenvalue weighted by molar-refractivity contribution is 6.30. The van der Waals surface area contributed by atoms with Gasteiger partial charge in [0.25, 0.3) is 0 Å². The molecule has 5 heteroatoms. The second-order valence-corrected chi connectivity index (χ2v) is 7.02. The molecule has 0 aromatic heterocycles. The Bertz CT molecular complexity index is 682. The van der Waals surface area contributed by atoms with Crippen molar-refractivity contribution in [3.8, 4) is 0 Å². The zero-order valence-electron chi connectivity index (χ0n) is 14.4. The van der Waals surface area contributed by atoms with Crippen molar-refractivity contribution in [2.24, 2.45) is 5.92 Å². The first-order valence-corrected chi connectivity index (χ1v) is 9.06. The van der Waals surface area contributed by atoms with Crippen LogP contribution in [0.4, 0.5) is 10.5 Å². The minimum Gasteiger partial charge on any atom is -0.322 e. The molecule has 1 aliphatic rings.